The Morgan fingerprint density at radius 2 is 1.83 bits per heavy atom. The number of hydrogen-bond donors (Lipinski definition) is 2. The minimum absolute atomic E-state index is 0.214. The molecule has 0 saturated heterocycles. The van der Waals surface area contributed by atoms with Crippen molar-refractivity contribution < 1.29 is 8.78 Å². The van der Waals surface area contributed by atoms with Gasteiger partial charge in [0.25, 0.3) is 0 Å². The van der Waals surface area contributed by atoms with Gasteiger partial charge in [0.2, 0.25) is 0 Å². The van der Waals surface area contributed by atoms with Gasteiger partial charge < -0.3 is 10.6 Å². The molecule has 1 rings (SSSR count). The van der Waals surface area contributed by atoms with Crippen LogP contribution in [0.15, 0.2) is 18.2 Å². The van der Waals surface area contributed by atoms with Gasteiger partial charge in [-0.25, -0.2) is 8.78 Å². The van der Waals surface area contributed by atoms with Crippen molar-refractivity contribution in [2.45, 2.75) is 33.4 Å². The molecular weight excluding hydrogens is 234 g/mol. The minimum Gasteiger partial charge on any atom is -0.315 e. The first-order chi connectivity index (χ1) is 8.49. The summed E-state index contributed by atoms with van der Waals surface area (Å²) in [6, 6.07) is 3.74. The van der Waals surface area contributed by atoms with Crippen molar-refractivity contribution in [1.82, 2.24) is 10.6 Å². The molecule has 0 fully saturated rings. The molecule has 0 aliphatic rings. The molecule has 1 aromatic rings. The molecule has 1 atom stereocenters. The Balaban J connectivity index is 2.33. The third kappa shape index (κ3) is 5.56. The van der Waals surface area contributed by atoms with Crippen LogP contribution in [0.25, 0.3) is 0 Å². The molecule has 1 aromatic carbocycles. The molecule has 102 valence electrons. The first-order valence-electron chi connectivity index (χ1n) is 6.37. The van der Waals surface area contributed by atoms with Crippen LogP contribution in [0, 0.1) is 17.6 Å². The summed E-state index contributed by atoms with van der Waals surface area (Å²) < 4.78 is 26.3. The van der Waals surface area contributed by atoms with E-state index >= 15 is 0 Å². The highest BCUT2D eigenvalue weighted by Gasteiger charge is 2.06. The Bertz CT molecular complexity index is 367. The maximum absolute atomic E-state index is 13.4. The average molecular weight is 256 g/mol. The monoisotopic (exact) mass is 256 g/mol. The van der Waals surface area contributed by atoms with E-state index in [1.54, 1.807) is 0 Å². The number of rotatable bonds is 7. The van der Waals surface area contributed by atoms with E-state index in [4.69, 9.17) is 0 Å². The third-order valence-electron chi connectivity index (χ3n) is 2.65. The van der Waals surface area contributed by atoms with Crippen LogP contribution >= 0.6 is 0 Å². The first kappa shape index (κ1) is 15.1. The van der Waals surface area contributed by atoms with E-state index in [1.807, 2.05) is 6.92 Å². The Morgan fingerprint density at radius 1 is 1.11 bits per heavy atom. The van der Waals surface area contributed by atoms with E-state index < -0.39 is 5.82 Å². The molecule has 0 heterocycles. The average Bonchev–Trinajstić information content (AvgIpc) is 2.30. The van der Waals surface area contributed by atoms with Gasteiger partial charge in [-0.05, 0) is 37.6 Å². The van der Waals surface area contributed by atoms with Crippen molar-refractivity contribution in [3.63, 3.8) is 0 Å². The fourth-order valence-corrected chi connectivity index (χ4v) is 1.62. The molecule has 0 amide bonds. The van der Waals surface area contributed by atoms with Crippen LogP contribution in [0.1, 0.15) is 26.3 Å². The number of halogens is 2. The molecular formula is C14H22F2N2. The van der Waals surface area contributed by atoms with Gasteiger partial charge in [0.15, 0.2) is 0 Å². The van der Waals surface area contributed by atoms with Crippen LogP contribution in [-0.4, -0.2) is 19.1 Å². The Kier molecular flexibility index (Phi) is 6.22. The Labute approximate surface area is 108 Å². The minimum atomic E-state index is -0.404. The fourth-order valence-electron chi connectivity index (χ4n) is 1.62. The SMILES string of the molecule is CC(C)CNCC(C)NCc1cc(F)ccc1F. The molecule has 0 saturated carbocycles. The lowest BCUT2D eigenvalue weighted by atomic mass is 10.2. The third-order valence-corrected chi connectivity index (χ3v) is 2.65. The zero-order chi connectivity index (χ0) is 13.5. The molecule has 4 heteroatoms. The normalized spacial score (nSPS) is 13.0. The number of hydrogen-bond acceptors (Lipinski definition) is 2. The van der Waals surface area contributed by atoms with Gasteiger partial charge in [-0.1, -0.05) is 13.8 Å². The maximum Gasteiger partial charge on any atom is 0.127 e. The highest BCUT2D eigenvalue weighted by Crippen LogP contribution is 2.09. The van der Waals surface area contributed by atoms with Gasteiger partial charge in [-0.3, -0.25) is 0 Å². The van der Waals surface area contributed by atoms with Crippen molar-refractivity contribution in [1.29, 1.82) is 0 Å². The second-order valence-corrected chi connectivity index (χ2v) is 5.07. The Hall–Kier alpha value is -1.00. The highest BCUT2D eigenvalue weighted by atomic mass is 19.1. The maximum atomic E-state index is 13.4. The second kappa shape index (κ2) is 7.44. The van der Waals surface area contributed by atoms with Crippen LogP contribution in [0.5, 0.6) is 0 Å². The van der Waals surface area contributed by atoms with Crippen molar-refractivity contribution in [3.05, 3.63) is 35.4 Å². The number of benzene rings is 1. The quantitative estimate of drug-likeness (QED) is 0.784. The van der Waals surface area contributed by atoms with Crippen LogP contribution < -0.4 is 10.6 Å². The topological polar surface area (TPSA) is 24.1 Å². The molecule has 0 radical (unpaired) electrons. The van der Waals surface area contributed by atoms with Crippen LogP contribution in [0.3, 0.4) is 0 Å². The smallest absolute Gasteiger partial charge is 0.127 e. The molecule has 0 aliphatic carbocycles. The van der Waals surface area contributed by atoms with E-state index in [0.717, 1.165) is 25.2 Å². The lowest BCUT2D eigenvalue weighted by Gasteiger charge is -2.16. The summed E-state index contributed by atoms with van der Waals surface area (Å²) in [6.07, 6.45) is 0. The number of nitrogens with one attached hydrogen (secondary N) is 2. The highest BCUT2D eigenvalue weighted by molar-refractivity contribution is 5.18. The van der Waals surface area contributed by atoms with E-state index in [-0.39, 0.29) is 11.9 Å². The first-order valence-corrected chi connectivity index (χ1v) is 6.37. The largest absolute Gasteiger partial charge is 0.315 e. The zero-order valence-corrected chi connectivity index (χ0v) is 11.3. The summed E-state index contributed by atoms with van der Waals surface area (Å²) in [5.74, 6) is -0.164. The van der Waals surface area contributed by atoms with E-state index in [0.29, 0.717) is 18.0 Å². The van der Waals surface area contributed by atoms with Crippen LogP contribution in [0.4, 0.5) is 8.78 Å². The van der Waals surface area contributed by atoms with Gasteiger partial charge in [-0.15, -0.1) is 0 Å². The molecule has 0 bridgehead atoms. The molecule has 18 heavy (non-hydrogen) atoms. The van der Waals surface area contributed by atoms with Crippen molar-refractivity contribution >= 4 is 0 Å². The fraction of sp³-hybridized carbons (Fsp3) is 0.571. The second-order valence-electron chi connectivity index (χ2n) is 5.07. The van der Waals surface area contributed by atoms with Gasteiger partial charge in [0.05, 0.1) is 0 Å². The summed E-state index contributed by atoms with van der Waals surface area (Å²) in [4.78, 5) is 0. The summed E-state index contributed by atoms with van der Waals surface area (Å²) in [6.45, 7) is 8.43. The van der Waals surface area contributed by atoms with Crippen molar-refractivity contribution in [3.8, 4) is 0 Å². The van der Waals surface area contributed by atoms with Crippen molar-refractivity contribution in [2.75, 3.05) is 13.1 Å². The Morgan fingerprint density at radius 3 is 2.50 bits per heavy atom. The van der Waals surface area contributed by atoms with E-state index in [1.165, 1.54) is 6.07 Å². The molecule has 0 spiro atoms. The summed E-state index contributed by atoms with van der Waals surface area (Å²) >= 11 is 0. The van der Waals surface area contributed by atoms with Crippen LogP contribution in [0.2, 0.25) is 0 Å². The zero-order valence-electron chi connectivity index (χ0n) is 11.3. The molecule has 1 unspecified atom stereocenters. The van der Waals surface area contributed by atoms with E-state index in [2.05, 4.69) is 24.5 Å². The lowest BCUT2D eigenvalue weighted by Crippen LogP contribution is -2.37. The standard InChI is InChI=1S/C14H22F2N2/c1-10(2)7-17-8-11(3)18-9-12-6-13(15)4-5-14(12)16/h4-6,10-11,17-18H,7-9H2,1-3H3. The predicted molar refractivity (Wildman–Crippen MR) is 70.4 cm³/mol. The van der Waals surface area contributed by atoms with E-state index in [9.17, 15) is 8.78 Å². The van der Waals surface area contributed by atoms with Gasteiger partial charge in [0, 0.05) is 24.7 Å². The summed E-state index contributed by atoms with van der Waals surface area (Å²) in [7, 11) is 0. The molecule has 0 aliphatic heterocycles. The van der Waals surface area contributed by atoms with Gasteiger partial charge in [-0.2, -0.15) is 0 Å². The molecule has 2 N–H and O–H groups in total. The molecule has 0 aromatic heterocycles. The van der Waals surface area contributed by atoms with Gasteiger partial charge in [0.1, 0.15) is 11.6 Å². The predicted octanol–water partition coefficient (Wildman–Crippen LogP) is 2.69. The summed E-state index contributed by atoms with van der Waals surface area (Å²) in [5.41, 5.74) is 0.366. The summed E-state index contributed by atoms with van der Waals surface area (Å²) in [5, 5.41) is 6.49. The van der Waals surface area contributed by atoms with Crippen molar-refractivity contribution in [2.24, 2.45) is 5.92 Å². The van der Waals surface area contributed by atoms with Crippen LogP contribution in [-0.2, 0) is 6.54 Å². The van der Waals surface area contributed by atoms with Gasteiger partial charge >= 0.3 is 0 Å². The lowest BCUT2D eigenvalue weighted by molar-refractivity contribution is 0.466. The molecule has 2 nitrogen and oxygen atoms in total.